The zero-order chi connectivity index (χ0) is 65.9. The summed E-state index contributed by atoms with van der Waals surface area (Å²) >= 11 is 0. The number of allylic oxidation sites excluding steroid dienone is 5. The van der Waals surface area contributed by atoms with Crippen molar-refractivity contribution >= 4 is 5.91 Å². The summed E-state index contributed by atoms with van der Waals surface area (Å²) in [6.45, 7) is 2.84. The second-order valence-electron chi connectivity index (χ2n) is 27.5. The molecule has 0 radical (unpaired) electrons. The third kappa shape index (κ3) is 45.4. The average molecular weight is 1290 g/mol. The van der Waals surface area contributed by atoms with Crippen LogP contribution in [0, 0.1) is 0 Å². The Morgan fingerprint density at radius 3 is 1.08 bits per heavy atom. The molecule has 91 heavy (non-hydrogen) atoms. The van der Waals surface area contributed by atoms with Crippen LogP contribution in [0.1, 0.15) is 354 Å². The van der Waals surface area contributed by atoms with Gasteiger partial charge in [0, 0.05) is 6.42 Å². The van der Waals surface area contributed by atoms with Gasteiger partial charge in [-0.25, -0.2) is 0 Å². The lowest BCUT2D eigenvalue weighted by Gasteiger charge is -2.46. The molecule has 0 aromatic rings. The molecule has 0 aromatic carbocycles. The molecule has 14 nitrogen and oxygen atoms in total. The van der Waals surface area contributed by atoms with Crippen LogP contribution in [-0.4, -0.2) is 140 Å². The largest absolute Gasteiger partial charge is 0.394 e. The third-order valence-electron chi connectivity index (χ3n) is 19.1. The maximum Gasteiger partial charge on any atom is 0.220 e. The topological polar surface area (TPSA) is 228 Å². The molecule has 0 aromatic heterocycles. The molecule has 0 spiro atoms. The van der Waals surface area contributed by atoms with E-state index in [1.165, 1.54) is 276 Å². The van der Waals surface area contributed by atoms with Crippen LogP contribution in [-0.2, 0) is 23.7 Å². The molecule has 1 amide bonds. The highest BCUT2D eigenvalue weighted by molar-refractivity contribution is 5.76. The molecule has 12 atom stereocenters. The second-order valence-corrected chi connectivity index (χ2v) is 27.5. The first kappa shape index (κ1) is 85.3. The van der Waals surface area contributed by atoms with Crippen LogP contribution >= 0.6 is 0 Å². The molecule has 2 aliphatic heterocycles. The fourth-order valence-corrected chi connectivity index (χ4v) is 12.9. The van der Waals surface area contributed by atoms with Crippen LogP contribution in [0.5, 0.6) is 0 Å². The molecule has 12 unspecified atom stereocenters. The van der Waals surface area contributed by atoms with Gasteiger partial charge in [-0.1, -0.05) is 339 Å². The van der Waals surface area contributed by atoms with Crippen molar-refractivity contribution in [3.8, 4) is 0 Å². The quantitative estimate of drug-likeness (QED) is 0.0204. The summed E-state index contributed by atoms with van der Waals surface area (Å²) in [5.74, 6) is -0.246. The molecule has 2 heterocycles. The van der Waals surface area contributed by atoms with E-state index in [2.05, 4.69) is 43.5 Å². The van der Waals surface area contributed by atoms with Gasteiger partial charge in [-0.3, -0.25) is 4.79 Å². The van der Waals surface area contributed by atoms with Crippen molar-refractivity contribution in [3.05, 3.63) is 36.5 Å². The van der Waals surface area contributed by atoms with Crippen LogP contribution in [0.4, 0.5) is 0 Å². The Balaban J connectivity index is 1.65. The molecule has 2 saturated heterocycles. The van der Waals surface area contributed by atoms with Crippen LogP contribution < -0.4 is 5.32 Å². The number of rotatable bonds is 65. The summed E-state index contributed by atoms with van der Waals surface area (Å²) in [6, 6.07) is -0.938. The van der Waals surface area contributed by atoms with Crippen LogP contribution in [0.25, 0.3) is 0 Å². The zero-order valence-electron chi connectivity index (χ0n) is 58.6. The van der Waals surface area contributed by atoms with Crippen LogP contribution in [0.2, 0.25) is 0 Å². The summed E-state index contributed by atoms with van der Waals surface area (Å²) in [4.78, 5) is 13.3. The van der Waals surface area contributed by atoms with E-state index in [0.717, 1.165) is 44.9 Å². The normalized spacial score (nSPS) is 22.9. The lowest BCUT2D eigenvalue weighted by atomic mass is 9.97. The predicted octanol–water partition coefficient (Wildman–Crippen LogP) is 16.9. The maximum absolute atomic E-state index is 13.3. The predicted molar refractivity (Wildman–Crippen MR) is 374 cm³/mol. The molecule has 536 valence electrons. The minimum Gasteiger partial charge on any atom is -0.394 e. The Hall–Kier alpha value is -1.79. The van der Waals surface area contributed by atoms with E-state index in [0.29, 0.717) is 12.8 Å². The first-order chi connectivity index (χ1) is 44.6. The molecular formula is C77H145NO13. The Labute approximate surface area is 557 Å². The number of nitrogens with one attached hydrogen (secondary N) is 1. The summed E-state index contributed by atoms with van der Waals surface area (Å²) in [5.41, 5.74) is 0. The Kier molecular flexibility index (Phi) is 57.9. The Morgan fingerprint density at radius 1 is 0.385 bits per heavy atom. The van der Waals surface area contributed by atoms with Gasteiger partial charge in [0.05, 0.1) is 32.0 Å². The average Bonchev–Trinajstić information content (AvgIpc) is 3.75. The number of ether oxygens (including phenoxy) is 4. The SMILES string of the molecule is CCCCCCCCCCCCCCCCCCCCCCCCC/C=C/CC/C=C/CC/C=C/C(O)C(COC1OC(CO)C(OC2OC(CO)C(O)C(O)C2O)C(O)C1O)NC(=O)CCCCCCCCCCCCCCCCCCCCCCCCCC. The Morgan fingerprint density at radius 2 is 0.703 bits per heavy atom. The fourth-order valence-electron chi connectivity index (χ4n) is 12.9. The van der Waals surface area contributed by atoms with Gasteiger partial charge in [0.15, 0.2) is 12.6 Å². The lowest BCUT2D eigenvalue weighted by molar-refractivity contribution is -0.359. The van der Waals surface area contributed by atoms with Gasteiger partial charge in [-0.15, -0.1) is 0 Å². The summed E-state index contributed by atoms with van der Waals surface area (Å²) in [7, 11) is 0. The van der Waals surface area contributed by atoms with E-state index in [1.807, 2.05) is 6.08 Å². The molecule has 0 bridgehead atoms. The number of hydrogen-bond acceptors (Lipinski definition) is 13. The standard InChI is InChI=1S/C77H145NO13/c1-3-5-7-9-11-13-15-17-19-21-23-25-27-29-30-31-32-33-34-35-36-37-38-40-42-44-46-48-50-52-54-56-58-60-66(81)65(64-88-76-74(87)72(85)75(68(63-80)90-76)91-77-73(86)71(84)70(83)67(62-79)89-77)78-69(82)61-59-57-55-53-51-49-47-45-43-41-39-28-26-24-22-20-18-16-14-12-10-8-6-4-2/h42,44,50,52,58,60,65-68,70-77,79-81,83-87H,3-41,43,45-49,51,53-57,59,61-64H2,1-2H3,(H,78,82)/b44-42+,52-50+,60-58+. The minimum atomic E-state index is -1.79. The molecule has 14 heteroatoms. The highest BCUT2D eigenvalue weighted by atomic mass is 16.7. The number of aliphatic hydroxyl groups excluding tert-OH is 8. The molecule has 2 rings (SSSR count). The van der Waals surface area contributed by atoms with Gasteiger partial charge in [0.2, 0.25) is 5.91 Å². The number of unbranched alkanes of at least 4 members (excludes halogenated alkanes) is 48. The van der Waals surface area contributed by atoms with Crippen LogP contribution in [0.3, 0.4) is 0 Å². The van der Waals surface area contributed by atoms with E-state index in [1.54, 1.807) is 6.08 Å². The summed E-state index contributed by atoms with van der Waals surface area (Å²) in [6.07, 6.45) is 63.7. The molecule has 9 N–H and O–H groups in total. The van der Waals surface area contributed by atoms with Crippen molar-refractivity contribution in [2.75, 3.05) is 19.8 Å². The highest BCUT2D eigenvalue weighted by Gasteiger charge is 2.51. The molecule has 2 fully saturated rings. The smallest absolute Gasteiger partial charge is 0.220 e. The number of amides is 1. The maximum atomic E-state index is 13.3. The molecule has 0 saturated carbocycles. The molecule has 2 aliphatic rings. The first-order valence-electron chi connectivity index (χ1n) is 38.7. The van der Waals surface area contributed by atoms with Crippen molar-refractivity contribution in [2.24, 2.45) is 0 Å². The number of aliphatic hydroxyl groups is 8. The minimum absolute atomic E-state index is 0.246. The van der Waals surface area contributed by atoms with Gasteiger partial charge < -0.3 is 65.1 Å². The van der Waals surface area contributed by atoms with E-state index >= 15 is 0 Å². The molecule has 0 aliphatic carbocycles. The van der Waals surface area contributed by atoms with Gasteiger partial charge in [-0.05, 0) is 44.9 Å². The van der Waals surface area contributed by atoms with Crippen molar-refractivity contribution in [1.82, 2.24) is 5.32 Å². The van der Waals surface area contributed by atoms with Crippen molar-refractivity contribution < 1.29 is 64.6 Å². The highest BCUT2D eigenvalue weighted by Crippen LogP contribution is 2.30. The van der Waals surface area contributed by atoms with Gasteiger partial charge >= 0.3 is 0 Å². The van der Waals surface area contributed by atoms with Gasteiger partial charge in [0.25, 0.3) is 0 Å². The molecular weight excluding hydrogens is 1150 g/mol. The van der Waals surface area contributed by atoms with E-state index < -0.39 is 86.8 Å². The van der Waals surface area contributed by atoms with Crippen molar-refractivity contribution in [2.45, 2.75) is 428 Å². The van der Waals surface area contributed by atoms with Crippen molar-refractivity contribution in [1.29, 1.82) is 0 Å². The lowest BCUT2D eigenvalue weighted by Crippen LogP contribution is -2.65. The zero-order valence-corrected chi connectivity index (χ0v) is 58.6. The first-order valence-corrected chi connectivity index (χ1v) is 38.7. The Bertz CT molecular complexity index is 1670. The van der Waals surface area contributed by atoms with Gasteiger partial charge in [-0.2, -0.15) is 0 Å². The van der Waals surface area contributed by atoms with E-state index in [-0.39, 0.29) is 18.9 Å². The van der Waals surface area contributed by atoms with Gasteiger partial charge in [0.1, 0.15) is 48.8 Å². The second kappa shape index (κ2) is 61.8. The number of carbonyl (C=O) groups is 1. The van der Waals surface area contributed by atoms with E-state index in [4.69, 9.17) is 18.9 Å². The van der Waals surface area contributed by atoms with Crippen LogP contribution in [0.15, 0.2) is 36.5 Å². The third-order valence-corrected chi connectivity index (χ3v) is 19.1. The van der Waals surface area contributed by atoms with E-state index in [9.17, 15) is 45.6 Å². The van der Waals surface area contributed by atoms with Crippen molar-refractivity contribution in [3.63, 3.8) is 0 Å². The summed E-state index contributed by atoms with van der Waals surface area (Å²) < 4.78 is 22.9. The number of hydrogen-bond donors (Lipinski definition) is 9. The number of carbonyl (C=O) groups excluding carboxylic acids is 1. The monoisotopic (exact) mass is 1290 g/mol. The fraction of sp³-hybridized carbons (Fsp3) is 0.909. The summed E-state index contributed by atoms with van der Waals surface area (Å²) in [5, 5.41) is 87.5.